The van der Waals surface area contributed by atoms with Gasteiger partial charge in [0, 0.05) is 19.5 Å². The SMILES string of the molecule is CCCCCCCCCC(=O)N1CCC[C@@H](C(=O)O)C1. The van der Waals surface area contributed by atoms with Crippen molar-refractivity contribution in [2.75, 3.05) is 13.1 Å². The highest BCUT2D eigenvalue weighted by molar-refractivity contribution is 5.78. The van der Waals surface area contributed by atoms with Crippen molar-refractivity contribution in [3.8, 4) is 0 Å². The van der Waals surface area contributed by atoms with Crippen molar-refractivity contribution in [1.82, 2.24) is 4.90 Å². The molecule has 0 aliphatic carbocycles. The quantitative estimate of drug-likeness (QED) is 0.659. The second-order valence-electron chi connectivity index (χ2n) is 5.89. The standard InChI is InChI=1S/C16H29NO3/c1-2-3-4-5-6-7-8-11-15(18)17-12-9-10-14(13-17)16(19)20/h14H,2-13H2,1H3,(H,19,20)/t14-/m1/s1. The summed E-state index contributed by atoms with van der Waals surface area (Å²) in [5.74, 6) is -0.982. The number of carboxylic acids is 1. The van der Waals surface area contributed by atoms with Crippen LogP contribution in [0, 0.1) is 5.92 Å². The molecule has 1 aliphatic rings. The Morgan fingerprint density at radius 2 is 1.75 bits per heavy atom. The Balaban J connectivity index is 2.11. The lowest BCUT2D eigenvalue weighted by Gasteiger charge is -2.30. The highest BCUT2D eigenvalue weighted by Crippen LogP contribution is 2.18. The number of hydrogen-bond donors (Lipinski definition) is 1. The largest absolute Gasteiger partial charge is 0.481 e. The zero-order valence-electron chi connectivity index (χ0n) is 12.8. The van der Waals surface area contributed by atoms with E-state index < -0.39 is 5.97 Å². The van der Waals surface area contributed by atoms with E-state index >= 15 is 0 Å². The van der Waals surface area contributed by atoms with Crippen LogP contribution in [0.5, 0.6) is 0 Å². The summed E-state index contributed by atoms with van der Waals surface area (Å²) >= 11 is 0. The number of likely N-dealkylation sites (tertiary alicyclic amines) is 1. The van der Waals surface area contributed by atoms with E-state index in [4.69, 9.17) is 5.11 Å². The molecule has 0 bridgehead atoms. The van der Waals surface area contributed by atoms with E-state index in [0.717, 1.165) is 25.8 Å². The van der Waals surface area contributed by atoms with Gasteiger partial charge in [-0.2, -0.15) is 0 Å². The lowest BCUT2D eigenvalue weighted by atomic mass is 9.98. The zero-order chi connectivity index (χ0) is 14.8. The number of aliphatic carboxylic acids is 1. The summed E-state index contributed by atoms with van der Waals surface area (Å²) in [5, 5.41) is 9.02. The molecule has 0 aromatic heterocycles. The number of carboxylic acid groups (broad SMARTS) is 1. The maximum atomic E-state index is 12.0. The van der Waals surface area contributed by atoms with Crippen LogP contribution < -0.4 is 0 Å². The number of nitrogens with zero attached hydrogens (tertiary/aromatic N) is 1. The lowest BCUT2D eigenvalue weighted by molar-refractivity contribution is -0.145. The molecule has 0 radical (unpaired) electrons. The van der Waals surface area contributed by atoms with Crippen molar-refractivity contribution >= 4 is 11.9 Å². The molecule has 4 nitrogen and oxygen atoms in total. The average Bonchev–Trinajstić information content (AvgIpc) is 2.46. The van der Waals surface area contributed by atoms with Crippen LogP contribution in [0.15, 0.2) is 0 Å². The number of hydrogen-bond acceptors (Lipinski definition) is 2. The van der Waals surface area contributed by atoms with E-state index in [1.807, 2.05) is 0 Å². The minimum absolute atomic E-state index is 0.143. The number of piperidine rings is 1. The van der Waals surface area contributed by atoms with Crippen molar-refractivity contribution in [2.24, 2.45) is 5.92 Å². The smallest absolute Gasteiger partial charge is 0.308 e. The lowest BCUT2D eigenvalue weighted by Crippen LogP contribution is -2.42. The van der Waals surface area contributed by atoms with Gasteiger partial charge in [-0.25, -0.2) is 0 Å². The molecule has 20 heavy (non-hydrogen) atoms. The Hall–Kier alpha value is -1.06. The van der Waals surface area contributed by atoms with E-state index in [0.29, 0.717) is 19.4 Å². The van der Waals surface area contributed by atoms with Crippen molar-refractivity contribution < 1.29 is 14.7 Å². The van der Waals surface area contributed by atoms with Gasteiger partial charge in [0.15, 0.2) is 0 Å². The summed E-state index contributed by atoms with van der Waals surface area (Å²) in [6.45, 7) is 3.35. The van der Waals surface area contributed by atoms with Gasteiger partial charge in [-0.1, -0.05) is 45.4 Å². The molecule has 1 heterocycles. The third-order valence-corrected chi connectivity index (χ3v) is 4.12. The van der Waals surface area contributed by atoms with Gasteiger partial charge in [0.1, 0.15) is 0 Å². The van der Waals surface area contributed by atoms with E-state index in [1.165, 1.54) is 32.1 Å². The average molecular weight is 283 g/mol. The van der Waals surface area contributed by atoms with Gasteiger partial charge in [-0.15, -0.1) is 0 Å². The minimum Gasteiger partial charge on any atom is -0.481 e. The Kier molecular flexibility index (Phi) is 8.31. The molecule has 1 saturated heterocycles. The molecular formula is C16H29NO3. The predicted octanol–water partition coefficient (Wildman–Crippen LogP) is 3.45. The molecule has 0 unspecified atom stereocenters. The van der Waals surface area contributed by atoms with E-state index in [-0.39, 0.29) is 11.8 Å². The molecule has 0 aromatic rings. The van der Waals surface area contributed by atoms with Crippen LogP contribution in [0.1, 0.15) is 71.1 Å². The fraction of sp³-hybridized carbons (Fsp3) is 0.875. The number of carbonyl (C=O) groups is 2. The monoisotopic (exact) mass is 283 g/mol. The zero-order valence-corrected chi connectivity index (χ0v) is 12.8. The first kappa shape index (κ1) is 17.0. The molecular weight excluding hydrogens is 254 g/mol. The first-order valence-corrected chi connectivity index (χ1v) is 8.15. The molecule has 116 valence electrons. The Bertz CT molecular complexity index is 304. The third kappa shape index (κ3) is 6.40. The molecule has 0 spiro atoms. The van der Waals surface area contributed by atoms with Gasteiger partial charge in [0.25, 0.3) is 0 Å². The normalized spacial score (nSPS) is 19.1. The fourth-order valence-electron chi connectivity index (χ4n) is 2.80. The second-order valence-corrected chi connectivity index (χ2v) is 5.89. The van der Waals surface area contributed by atoms with E-state index in [9.17, 15) is 9.59 Å². The molecule has 1 fully saturated rings. The van der Waals surface area contributed by atoms with Crippen molar-refractivity contribution in [2.45, 2.75) is 71.1 Å². The topological polar surface area (TPSA) is 57.6 Å². The molecule has 1 N–H and O–H groups in total. The number of amides is 1. The van der Waals surface area contributed by atoms with Gasteiger partial charge < -0.3 is 10.0 Å². The maximum absolute atomic E-state index is 12.0. The van der Waals surface area contributed by atoms with Crippen molar-refractivity contribution in [3.05, 3.63) is 0 Å². The number of rotatable bonds is 9. The van der Waals surface area contributed by atoms with Gasteiger partial charge in [0.05, 0.1) is 5.92 Å². The minimum atomic E-state index is -0.765. The van der Waals surface area contributed by atoms with E-state index in [1.54, 1.807) is 4.90 Å². The van der Waals surface area contributed by atoms with Crippen LogP contribution in [-0.2, 0) is 9.59 Å². The van der Waals surface area contributed by atoms with Gasteiger partial charge in [0.2, 0.25) is 5.91 Å². The summed E-state index contributed by atoms with van der Waals surface area (Å²) in [5.41, 5.74) is 0. The Morgan fingerprint density at radius 3 is 2.40 bits per heavy atom. The number of unbranched alkanes of at least 4 members (excludes halogenated alkanes) is 6. The molecule has 0 saturated carbocycles. The van der Waals surface area contributed by atoms with Crippen LogP contribution in [0.3, 0.4) is 0 Å². The highest BCUT2D eigenvalue weighted by Gasteiger charge is 2.27. The van der Waals surface area contributed by atoms with Crippen LogP contribution in [-0.4, -0.2) is 35.0 Å². The van der Waals surface area contributed by atoms with Crippen LogP contribution in [0.2, 0.25) is 0 Å². The molecule has 1 rings (SSSR count). The molecule has 0 aromatic carbocycles. The molecule has 1 aliphatic heterocycles. The summed E-state index contributed by atoms with van der Waals surface area (Å²) in [7, 11) is 0. The highest BCUT2D eigenvalue weighted by atomic mass is 16.4. The summed E-state index contributed by atoms with van der Waals surface area (Å²) in [6, 6.07) is 0. The number of carbonyl (C=O) groups excluding carboxylic acids is 1. The maximum Gasteiger partial charge on any atom is 0.308 e. The molecule has 4 heteroatoms. The van der Waals surface area contributed by atoms with E-state index in [2.05, 4.69) is 6.92 Å². The predicted molar refractivity (Wildman–Crippen MR) is 79.5 cm³/mol. The van der Waals surface area contributed by atoms with Crippen LogP contribution >= 0.6 is 0 Å². The van der Waals surface area contributed by atoms with Crippen LogP contribution in [0.25, 0.3) is 0 Å². The summed E-state index contributed by atoms with van der Waals surface area (Å²) < 4.78 is 0. The van der Waals surface area contributed by atoms with Crippen LogP contribution in [0.4, 0.5) is 0 Å². The first-order valence-electron chi connectivity index (χ1n) is 8.15. The molecule has 1 atom stereocenters. The Morgan fingerprint density at radius 1 is 1.10 bits per heavy atom. The second kappa shape index (κ2) is 9.78. The van der Waals surface area contributed by atoms with Crippen molar-refractivity contribution in [1.29, 1.82) is 0 Å². The van der Waals surface area contributed by atoms with Crippen molar-refractivity contribution in [3.63, 3.8) is 0 Å². The molecule has 1 amide bonds. The summed E-state index contributed by atoms with van der Waals surface area (Å²) in [6.07, 6.45) is 10.5. The van der Waals surface area contributed by atoms with Gasteiger partial charge in [-0.3, -0.25) is 9.59 Å². The van der Waals surface area contributed by atoms with Gasteiger partial charge >= 0.3 is 5.97 Å². The fourth-order valence-corrected chi connectivity index (χ4v) is 2.80. The first-order chi connectivity index (χ1) is 9.65. The Labute approximate surface area is 122 Å². The van der Waals surface area contributed by atoms with Gasteiger partial charge in [-0.05, 0) is 19.3 Å². The summed E-state index contributed by atoms with van der Waals surface area (Å²) in [4.78, 5) is 24.8. The third-order valence-electron chi connectivity index (χ3n) is 4.12.